The number of nitrogens with one attached hydrogen (secondary N) is 1. The minimum absolute atomic E-state index is 0.201. The van der Waals surface area contributed by atoms with Crippen LogP contribution in [0.4, 0.5) is 0 Å². The van der Waals surface area contributed by atoms with Gasteiger partial charge >= 0.3 is 0 Å². The van der Waals surface area contributed by atoms with E-state index >= 15 is 0 Å². The first-order valence-electron chi connectivity index (χ1n) is 6.45. The molecule has 0 aliphatic rings. The highest BCUT2D eigenvalue weighted by Gasteiger charge is 2.07. The second-order valence-electron chi connectivity index (χ2n) is 5.74. The zero-order valence-corrected chi connectivity index (χ0v) is 12.1. The van der Waals surface area contributed by atoms with E-state index in [9.17, 15) is 0 Å². The average molecular weight is 265 g/mol. The van der Waals surface area contributed by atoms with Crippen molar-refractivity contribution in [3.8, 4) is 0 Å². The molecule has 3 heteroatoms. The molecule has 2 rings (SSSR count). The van der Waals surface area contributed by atoms with E-state index in [2.05, 4.69) is 49.0 Å². The predicted octanol–water partition coefficient (Wildman–Crippen LogP) is 4.07. The second-order valence-corrected chi connectivity index (χ2v) is 6.18. The highest BCUT2D eigenvalue weighted by atomic mass is 35.5. The Bertz CT molecular complexity index is 523. The molecule has 18 heavy (non-hydrogen) atoms. The molecule has 0 fully saturated rings. The molecule has 2 nitrogen and oxygen atoms in total. The summed E-state index contributed by atoms with van der Waals surface area (Å²) in [6.45, 7) is 8.66. The summed E-state index contributed by atoms with van der Waals surface area (Å²) in [6, 6.07) is 8.18. The molecule has 0 aliphatic heterocycles. The lowest BCUT2D eigenvalue weighted by atomic mass is 10.1. The first kappa shape index (κ1) is 13.4. The highest BCUT2D eigenvalue weighted by Crippen LogP contribution is 2.20. The summed E-state index contributed by atoms with van der Waals surface area (Å²) in [4.78, 5) is 0. The summed E-state index contributed by atoms with van der Waals surface area (Å²) < 4.78 is 2.29. The van der Waals surface area contributed by atoms with E-state index < -0.39 is 0 Å². The molecule has 0 aliphatic carbocycles. The van der Waals surface area contributed by atoms with Crippen molar-refractivity contribution in [1.29, 1.82) is 0 Å². The molecule has 2 aromatic rings. The second kappa shape index (κ2) is 5.33. The largest absolute Gasteiger partial charge is 0.347 e. The van der Waals surface area contributed by atoms with Gasteiger partial charge in [-0.3, -0.25) is 0 Å². The van der Waals surface area contributed by atoms with Gasteiger partial charge in [0.2, 0.25) is 0 Å². The van der Waals surface area contributed by atoms with E-state index in [1.54, 1.807) is 0 Å². The van der Waals surface area contributed by atoms with E-state index in [-0.39, 0.29) is 5.54 Å². The zero-order chi connectivity index (χ0) is 13.2. The first-order valence-corrected chi connectivity index (χ1v) is 6.83. The van der Waals surface area contributed by atoms with Crippen LogP contribution in [0.2, 0.25) is 5.02 Å². The molecule has 0 amide bonds. The van der Waals surface area contributed by atoms with Gasteiger partial charge in [-0.25, -0.2) is 0 Å². The van der Waals surface area contributed by atoms with Gasteiger partial charge in [0.25, 0.3) is 0 Å². The van der Waals surface area contributed by atoms with Gasteiger partial charge < -0.3 is 9.88 Å². The smallest absolute Gasteiger partial charge is 0.0481 e. The maximum absolute atomic E-state index is 5.99. The third kappa shape index (κ3) is 3.50. The minimum Gasteiger partial charge on any atom is -0.347 e. The summed E-state index contributed by atoms with van der Waals surface area (Å²) in [5.74, 6) is 0. The Morgan fingerprint density at radius 2 is 2.00 bits per heavy atom. The van der Waals surface area contributed by atoms with Crippen molar-refractivity contribution >= 4 is 22.5 Å². The van der Waals surface area contributed by atoms with Crippen molar-refractivity contribution in [1.82, 2.24) is 9.88 Å². The molecule has 0 radical (unpaired) electrons. The van der Waals surface area contributed by atoms with Crippen LogP contribution in [0, 0.1) is 0 Å². The fourth-order valence-electron chi connectivity index (χ4n) is 2.08. The standard InChI is InChI=1S/C15H21ClN2/c1-15(2,3)17-8-4-9-18-10-7-12-11-13(16)5-6-14(12)18/h5-7,10-11,17H,4,8-9H2,1-3H3. The average Bonchev–Trinajstić information content (AvgIpc) is 2.65. The number of hydrogen-bond donors (Lipinski definition) is 1. The number of nitrogens with zero attached hydrogens (tertiary/aromatic N) is 1. The molecule has 0 unspecified atom stereocenters. The molecule has 1 aromatic carbocycles. The molecular weight excluding hydrogens is 244 g/mol. The molecule has 0 atom stereocenters. The van der Waals surface area contributed by atoms with Crippen LogP contribution in [0.15, 0.2) is 30.5 Å². The third-order valence-corrected chi connectivity index (χ3v) is 3.20. The van der Waals surface area contributed by atoms with Crippen LogP contribution in [0.5, 0.6) is 0 Å². The molecule has 1 heterocycles. The summed E-state index contributed by atoms with van der Waals surface area (Å²) in [5.41, 5.74) is 1.46. The number of rotatable bonds is 4. The van der Waals surface area contributed by atoms with E-state index in [0.29, 0.717) is 0 Å². The Hall–Kier alpha value is -0.990. The normalized spacial score (nSPS) is 12.2. The number of aryl methyl sites for hydroxylation is 1. The Morgan fingerprint density at radius 3 is 2.72 bits per heavy atom. The SMILES string of the molecule is CC(C)(C)NCCCn1ccc2cc(Cl)ccc21. The Labute approximate surface area is 114 Å². The highest BCUT2D eigenvalue weighted by molar-refractivity contribution is 6.31. The Balaban J connectivity index is 1.96. The van der Waals surface area contributed by atoms with Gasteiger partial charge in [-0.15, -0.1) is 0 Å². The third-order valence-electron chi connectivity index (χ3n) is 2.96. The summed E-state index contributed by atoms with van der Waals surface area (Å²) >= 11 is 5.99. The Morgan fingerprint density at radius 1 is 1.22 bits per heavy atom. The predicted molar refractivity (Wildman–Crippen MR) is 79.3 cm³/mol. The first-order chi connectivity index (χ1) is 8.46. The lowest BCUT2D eigenvalue weighted by Crippen LogP contribution is -2.36. The van der Waals surface area contributed by atoms with Gasteiger partial charge in [0.15, 0.2) is 0 Å². The van der Waals surface area contributed by atoms with Gasteiger partial charge in [0.05, 0.1) is 0 Å². The van der Waals surface area contributed by atoms with Crippen molar-refractivity contribution < 1.29 is 0 Å². The molecule has 0 bridgehead atoms. The lowest BCUT2D eigenvalue weighted by molar-refractivity contribution is 0.414. The van der Waals surface area contributed by atoms with E-state index in [0.717, 1.165) is 24.5 Å². The number of hydrogen-bond acceptors (Lipinski definition) is 1. The maximum Gasteiger partial charge on any atom is 0.0481 e. The van der Waals surface area contributed by atoms with Gasteiger partial charge in [0, 0.05) is 34.2 Å². The van der Waals surface area contributed by atoms with E-state index in [1.807, 2.05) is 12.1 Å². The summed E-state index contributed by atoms with van der Waals surface area (Å²) in [5, 5.41) is 5.52. The van der Waals surface area contributed by atoms with Gasteiger partial charge in [-0.2, -0.15) is 0 Å². The van der Waals surface area contributed by atoms with Crippen LogP contribution in [-0.2, 0) is 6.54 Å². The van der Waals surface area contributed by atoms with Crippen LogP contribution in [-0.4, -0.2) is 16.7 Å². The summed E-state index contributed by atoms with van der Waals surface area (Å²) in [6.07, 6.45) is 3.27. The molecule has 98 valence electrons. The van der Waals surface area contributed by atoms with Crippen LogP contribution in [0.3, 0.4) is 0 Å². The van der Waals surface area contributed by atoms with Crippen LogP contribution in [0.25, 0.3) is 10.9 Å². The van der Waals surface area contributed by atoms with Gasteiger partial charge in [0.1, 0.15) is 0 Å². The van der Waals surface area contributed by atoms with Crippen LogP contribution >= 0.6 is 11.6 Å². The van der Waals surface area contributed by atoms with E-state index in [1.165, 1.54) is 10.9 Å². The van der Waals surface area contributed by atoms with Crippen LogP contribution in [0.1, 0.15) is 27.2 Å². The molecule has 1 aromatic heterocycles. The summed E-state index contributed by atoms with van der Waals surface area (Å²) in [7, 11) is 0. The topological polar surface area (TPSA) is 17.0 Å². The maximum atomic E-state index is 5.99. The molecule has 1 N–H and O–H groups in total. The Kier molecular flexibility index (Phi) is 3.98. The monoisotopic (exact) mass is 264 g/mol. The van der Waals surface area contributed by atoms with Gasteiger partial charge in [-0.1, -0.05) is 11.6 Å². The van der Waals surface area contributed by atoms with Crippen molar-refractivity contribution in [3.63, 3.8) is 0 Å². The fraction of sp³-hybridized carbons (Fsp3) is 0.467. The van der Waals surface area contributed by atoms with E-state index in [4.69, 9.17) is 11.6 Å². The number of aromatic nitrogens is 1. The van der Waals surface area contributed by atoms with Crippen molar-refractivity contribution in [2.75, 3.05) is 6.54 Å². The quantitative estimate of drug-likeness (QED) is 0.824. The van der Waals surface area contributed by atoms with Gasteiger partial charge in [-0.05, 0) is 58.0 Å². The number of benzene rings is 1. The van der Waals surface area contributed by atoms with Crippen molar-refractivity contribution in [2.45, 2.75) is 39.3 Å². The zero-order valence-electron chi connectivity index (χ0n) is 11.3. The van der Waals surface area contributed by atoms with Crippen molar-refractivity contribution in [3.05, 3.63) is 35.5 Å². The molecule has 0 saturated heterocycles. The lowest BCUT2D eigenvalue weighted by Gasteiger charge is -2.20. The number of fused-ring (bicyclic) bond motifs is 1. The molecular formula is C15H21ClN2. The molecule has 0 spiro atoms. The minimum atomic E-state index is 0.201. The molecule has 0 saturated carbocycles. The van der Waals surface area contributed by atoms with Crippen molar-refractivity contribution in [2.24, 2.45) is 0 Å². The number of halogens is 1. The van der Waals surface area contributed by atoms with Crippen LogP contribution < -0.4 is 5.32 Å². The fourth-order valence-corrected chi connectivity index (χ4v) is 2.26.